The van der Waals surface area contributed by atoms with Crippen LogP contribution in [0.15, 0.2) is 12.1 Å². The summed E-state index contributed by atoms with van der Waals surface area (Å²) < 4.78 is 27.4. The number of nitro benzene ring substituents is 1. The molecule has 1 aromatic rings. The van der Waals surface area contributed by atoms with Crippen molar-refractivity contribution in [1.82, 2.24) is 4.90 Å². The molecule has 0 aromatic heterocycles. The first kappa shape index (κ1) is 16.0. The van der Waals surface area contributed by atoms with E-state index in [1.54, 1.807) is 0 Å². The number of hydrogen-bond acceptors (Lipinski definition) is 4. The predicted molar refractivity (Wildman–Crippen MR) is 66.3 cm³/mol. The Morgan fingerprint density at radius 1 is 1.45 bits per heavy atom. The number of halogens is 2. The van der Waals surface area contributed by atoms with Crippen LogP contribution in [-0.4, -0.2) is 40.0 Å². The lowest BCUT2D eigenvalue weighted by atomic mass is 10.1. The highest BCUT2D eigenvalue weighted by molar-refractivity contribution is 5.95. The van der Waals surface area contributed by atoms with Gasteiger partial charge in [0, 0.05) is 19.7 Å². The van der Waals surface area contributed by atoms with Crippen molar-refractivity contribution in [2.75, 3.05) is 13.6 Å². The number of amides is 1. The first-order chi connectivity index (χ1) is 9.04. The average Bonchev–Trinajstić information content (AvgIpc) is 2.25. The largest absolute Gasteiger partial charge is 0.389 e. The maximum atomic E-state index is 13.8. The summed E-state index contributed by atoms with van der Waals surface area (Å²) >= 11 is 0. The second-order valence-electron chi connectivity index (χ2n) is 4.99. The molecule has 0 spiro atoms. The maximum Gasteiger partial charge on any atom is 0.305 e. The third kappa shape index (κ3) is 3.47. The van der Waals surface area contributed by atoms with Crippen LogP contribution < -0.4 is 0 Å². The Kier molecular flexibility index (Phi) is 4.39. The van der Waals surface area contributed by atoms with E-state index in [4.69, 9.17) is 0 Å². The van der Waals surface area contributed by atoms with Gasteiger partial charge in [0.25, 0.3) is 5.91 Å². The number of benzene rings is 1. The van der Waals surface area contributed by atoms with Crippen molar-refractivity contribution in [2.24, 2.45) is 0 Å². The Hall–Kier alpha value is -2.09. The molecule has 0 saturated carbocycles. The van der Waals surface area contributed by atoms with Crippen LogP contribution in [-0.2, 0) is 0 Å². The molecule has 1 N–H and O–H groups in total. The number of likely N-dealkylation sites (N-methyl/N-ethyl adjacent to an activating group) is 1. The minimum Gasteiger partial charge on any atom is -0.389 e. The summed E-state index contributed by atoms with van der Waals surface area (Å²) in [6.07, 6.45) is 0. The van der Waals surface area contributed by atoms with Crippen molar-refractivity contribution in [1.29, 1.82) is 0 Å². The van der Waals surface area contributed by atoms with Crippen molar-refractivity contribution in [3.63, 3.8) is 0 Å². The fraction of sp³-hybridized carbons (Fsp3) is 0.417. The van der Waals surface area contributed by atoms with Crippen molar-refractivity contribution in [2.45, 2.75) is 19.4 Å². The van der Waals surface area contributed by atoms with Gasteiger partial charge in [-0.05, 0) is 19.9 Å². The van der Waals surface area contributed by atoms with E-state index in [2.05, 4.69) is 0 Å². The number of aliphatic hydroxyl groups is 1. The predicted octanol–water partition coefficient (Wildman–Crippen LogP) is 1.72. The molecular formula is C12H14F2N2O4. The average molecular weight is 288 g/mol. The third-order valence-electron chi connectivity index (χ3n) is 2.45. The molecule has 0 aliphatic carbocycles. The Morgan fingerprint density at radius 2 is 2.00 bits per heavy atom. The zero-order valence-corrected chi connectivity index (χ0v) is 11.2. The SMILES string of the molecule is CN(CC(C)(C)O)C(=O)c1c(F)ccc([N+](=O)[O-])c1F. The molecular weight excluding hydrogens is 274 g/mol. The number of nitrogens with zero attached hydrogens (tertiary/aromatic N) is 2. The minimum absolute atomic E-state index is 0.187. The zero-order valence-electron chi connectivity index (χ0n) is 11.2. The highest BCUT2D eigenvalue weighted by Crippen LogP contribution is 2.24. The summed E-state index contributed by atoms with van der Waals surface area (Å²) in [6.45, 7) is 2.64. The van der Waals surface area contributed by atoms with Gasteiger partial charge in [0.15, 0.2) is 0 Å². The molecule has 1 rings (SSSR count). The Morgan fingerprint density at radius 3 is 2.45 bits per heavy atom. The van der Waals surface area contributed by atoms with E-state index in [0.717, 1.165) is 4.90 Å². The molecule has 0 saturated heterocycles. The van der Waals surface area contributed by atoms with Gasteiger partial charge in [0.05, 0.1) is 10.5 Å². The zero-order chi connectivity index (χ0) is 15.7. The van der Waals surface area contributed by atoms with Crippen molar-refractivity contribution >= 4 is 11.6 Å². The second-order valence-corrected chi connectivity index (χ2v) is 4.99. The molecule has 0 atom stereocenters. The number of carbonyl (C=O) groups is 1. The van der Waals surface area contributed by atoms with E-state index in [1.165, 1.54) is 20.9 Å². The van der Waals surface area contributed by atoms with Crippen LogP contribution in [0.3, 0.4) is 0 Å². The lowest BCUT2D eigenvalue weighted by molar-refractivity contribution is -0.387. The fourth-order valence-corrected chi connectivity index (χ4v) is 1.72. The quantitative estimate of drug-likeness (QED) is 0.675. The first-order valence-corrected chi connectivity index (χ1v) is 5.65. The third-order valence-corrected chi connectivity index (χ3v) is 2.45. The van der Waals surface area contributed by atoms with Gasteiger partial charge in [0.1, 0.15) is 11.4 Å². The molecule has 0 unspecified atom stereocenters. The standard InChI is InChI=1S/C12H14F2N2O4/c1-12(2,18)6-15(3)11(17)9-7(13)4-5-8(10(9)14)16(19)20/h4-5,18H,6H2,1-3H3. The van der Waals surface area contributed by atoms with Crippen molar-refractivity contribution in [3.05, 3.63) is 39.4 Å². The number of hydrogen-bond donors (Lipinski definition) is 1. The van der Waals surface area contributed by atoms with Crippen molar-refractivity contribution < 1.29 is 23.6 Å². The topological polar surface area (TPSA) is 83.7 Å². The summed E-state index contributed by atoms with van der Waals surface area (Å²) in [6, 6.07) is 1.31. The van der Waals surface area contributed by atoms with E-state index in [9.17, 15) is 28.8 Å². The first-order valence-electron chi connectivity index (χ1n) is 5.65. The minimum atomic E-state index is -1.53. The molecule has 0 aliphatic heterocycles. The monoisotopic (exact) mass is 288 g/mol. The molecule has 110 valence electrons. The van der Waals surface area contributed by atoms with Crippen molar-refractivity contribution in [3.8, 4) is 0 Å². The lowest BCUT2D eigenvalue weighted by Crippen LogP contribution is -2.40. The number of nitro groups is 1. The summed E-state index contributed by atoms with van der Waals surface area (Å²) in [4.78, 5) is 22.4. The van der Waals surface area contributed by atoms with Crippen LogP contribution in [0, 0.1) is 21.7 Å². The van der Waals surface area contributed by atoms with Gasteiger partial charge >= 0.3 is 5.69 Å². The molecule has 0 fully saturated rings. The molecule has 0 aliphatic rings. The molecule has 1 aromatic carbocycles. The smallest absolute Gasteiger partial charge is 0.305 e. The highest BCUT2D eigenvalue weighted by Gasteiger charge is 2.29. The Balaban J connectivity index is 3.22. The Bertz CT molecular complexity index is 555. The lowest BCUT2D eigenvalue weighted by Gasteiger charge is -2.25. The normalized spacial score (nSPS) is 11.3. The van der Waals surface area contributed by atoms with E-state index >= 15 is 0 Å². The van der Waals surface area contributed by atoms with Crippen LogP contribution >= 0.6 is 0 Å². The molecule has 8 heteroatoms. The fourth-order valence-electron chi connectivity index (χ4n) is 1.72. The van der Waals surface area contributed by atoms with Crippen LogP contribution in [0.4, 0.5) is 14.5 Å². The maximum absolute atomic E-state index is 13.8. The van der Waals surface area contributed by atoms with Gasteiger partial charge in [-0.15, -0.1) is 0 Å². The van der Waals surface area contributed by atoms with E-state index in [1.807, 2.05) is 0 Å². The highest BCUT2D eigenvalue weighted by atomic mass is 19.1. The van der Waals surface area contributed by atoms with Gasteiger partial charge in [-0.1, -0.05) is 0 Å². The summed E-state index contributed by atoms with van der Waals surface area (Å²) in [7, 11) is 1.23. The van der Waals surface area contributed by atoms with Gasteiger partial charge in [-0.2, -0.15) is 4.39 Å². The molecule has 0 bridgehead atoms. The molecule has 0 radical (unpaired) electrons. The van der Waals surface area contributed by atoms with Gasteiger partial charge in [-0.25, -0.2) is 4.39 Å². The van der Waals surface area contributed by atoms with Crippen LogP contribution in [0.2, 0.25) is 0 Å². The molecule has 0 heterocycles. The number of rotatable bonds is 4. The van der Waals surface area contributed by atoms with Gasteiger partial charge in [-0.3, -0.25) is 14.9 Å². The van der Waals surface area contributed by atoms with E-state index in [0.29, 0.717) is 12.1 Å². The summed E-state index contributed by atoms with van der Waals surface area (Å²) in [5.41, 5.74) is -3.25. The molecule has 1 amide bonds. The van der Waals surface area contributed by atoms with Gasteiger partial charge in [0.2, 0.25) is 5.82 Å². The van der Waals surface area contributed by atoms with Crippen LogP contribution in [0.5, 0.6) is 0 Å². The van der Waals surface area contributed by atoms with Crippen LogP contribution in [0.1, 0.15) is 24.2 Å². The second kappa shape index (κ2) is 5.49. The molecule has 20 heavy (non-hydrogen) atoms. The van der Waals surface area contributed by atoms with Gasteiger partial charge < -0.3 is 10.0 Å². The Labute approximate surface area is 113 Å². The van der Waals surface area contributed by atoms with E-state index < -0.39 is 39.3 Å². The van der Waals surface area contributed by atoms with Crippen LogP contribution in [0.25, 0.3) is 0 Å². The molecule has 6 nitrogen and oxygen atoms in total. The summed E-state index contributed by atoms with van der Waals surface area (Å²) in [5.74, 6) is -3.80. The number of carbonyl (C=O) groups excluding carboxylic acids is 1. The van der Waals surface area contributed by atoms with E-state index in [-0.39, 0.29) is 6.54 Å². The summed E-state index contributed by atoms with van der Waals surface area (Å²) in [5, 5.41) is 20.2.